The smallest absolute Gasteiger partial charge is 0.255 e. The van der Waals surface area contributed by atoms with Crippen LogP contribution in [0.1, 0.15) is 35.7 Å². The monoisotopic (exact) mass is 314 g/mol. The molecule has 1 aliphatic rings. The summed E-state index contributed by atoms with van der Waals surface area (Å²) in [7, 11) is 3.21. The molecule has 1 amide bonds. The zero-order valence-electron chi connectivity index (χ0n) is 13.5. The van der Waals surface area contributed by atoms with Crippen molar-refractivity contribution >= 4 is 5.91 Å². The van der Waals surface area contributed by atoms with Crippen LogP contribution in [0, 0.1) is 5.82 Å². The first kappa shape index (κ1) is 15.5. The number of hydrogen-bond acceptors (Lipinski definition) is 3. The molecule has 23 heavy (non-hydrogen) atoms. The van der Waals surface area contributed by atoms with Gasteiger partial charge in [0.1, 0.15) is 5.75 Å². The minimum absolute atomic E-state index is 0.134. The fourth-order valence-corrected chi connectivity index (χ4v) is 2.39. The van der Waals surface area contributed by atoms with E-state index in [1.807, 2.05) is 24.3 Å². The van der Waals surface area contributed by atoms with Gasteiger partial charge < -0.3 is 9.64 Å². The summed E-state index contributed by atoms with van der Waals surface area (Å²) in [4.78, 5) is 17.1. The minimum Gasteiger partial charge on any atom is -0.436 e. The van der Waals surface area contributed by atoms with E-state index in [4.69, 9.17) is 4.74 Å². The summed E-state index contributed by atoms with van der Waals surface area (Å²) in [5, 5.41) is 0. The Labute approximate surface area is 134 Å². The molecule has 1 fully saturated rings. The molecule has 4 nitrogen and oxygen atoms in total. The zero-order valence-corrected chi connectivity index (χ0v) is 13.5. The second-order valence-electron chi connectivity index (χ2n) is 6.40. The lowest BCUT2D eigenvalue weighted by Crippen LogP contribution is -2.22. The molecule has 120 valence electrons. The van der Waals surface area contributed by atoms with Crippen molar-refractivity contribution in [2.75, 3.05) is 14.1 Å². The average molecular weight is 314 g/mol. The molecule has 3 rings (SSSR count). The number of halogens is 1. The lowest BCUT2D eigenvalue weighted by atomic mass is 9.99. The fourth-order valence-electron chi connectivity index (χ4n) is 2.39. The van der Waals surface area contributed by atoms with Crippen LogP contribution in [0.15, 0.2) is 36.5 Å². The zero-order chi connectivity index (χ0) is 16.6. The Kier molecular flexibility index (Phi) is 3.80. The highest BCUT2D eigenvalue weighted by Crippen LogP contribution is 2.47. The molecule has 5 heteroatoms. The van der Waals surface area contributed by atoms with E-state index < -0.39 is 5.82 Å². The molecule has 0 spiro atoms. The van der Waals surface area contributed by atoms with Crippen molar-refractivity contribution in [2.24, 2.45) is 0 Å². The van der Waals surface area contributed by atoms with Gasteiger partial charge in [0.15, 0.2) is 5.82 Å². The molecule has 0 aliphatic heterocycles. The summed E-state index contributed by atoms with van der Waals surface area (Å²) in [6, 6.07) is 8.79. The maximum atomic E-state index is 14.1. The Bertz CT molecular complexity index is 737. The molecule has 0 saturated heterocycles. The van der Waals surface area contributed by atoms with Gasteiger partial charge in [0.05, 0.1) is 5.56 Å². The third-order valence-electron chi connectivity index (χ3n) is 4.23. The van der Waals surface area contributed by atoms with Crippen LogP contribution in [-0.2, 0) is 5.41 Å². The third kappa shape index (κ3) is 3.18. The number of hydrogen-bond donors (Lipinski definition) is 0. The van der Waals surface area contributed by atoms with Crippen molar-refractivity contribution in [1.82, 2.24) is 9.88 Å². The van der Waals surface area contributed by atoms with Gasteiger partial charge in [0, 0.05) is 20.3 Å². The third-order valence-corrected chi connectivity index (χ3v) is 4.23. The largest absolute Gasteiger partial charge is 0.436 e. The van der Waals surface area contributed by atoms with E-state index in [0.29, 0.717) is 5.75 Å². The number of carbonyl (C=O) groups is 1. The number of carbonyl (C=O) groups excluding carboxylic acids is 1. The second kappa shape index (κ2) is 5.65. The van der Waals surface area contributed by atoms with Gasteiger partial charge in [-0.05, 0) is 42.0 Å². The van der Waals surface area contributed by atoms with Gasteiger partial charge in [0.2, 0.25) is 0 Å². The van der Waals surface area contributed by atoms with Crippen molar-refractivity contribution in [2.45, 2.75) is 25.2 Å². The van der Waals surface area contributed by atoms with Crippen molar-refractivity contribution in [3.8, 4) is 11.6 Å². The predicted molar refractivity (Wildman–Crippen MR) is 85.3 cm³/mol. The normalized spacial score (nSPS) is 15.1. The van der Waals surface area contributed by atoms with Crippen LogP contribution < -0.4 is 4.74 Å². The van der Waals surface area contributed by atoms with Crippen LogP contribution in [-0.4, -0.2) is 29.9 Å². The molecule has 1 saturated carbocycles. The van der Waals surface area contributed by atoms with Gasteiger partial charge in [0.25, 0.3) is 11.8 Å². The fraction of sp³-hybridized carbons (Fsp3) is 0.333. The van der Waals surface area contributed by atoms with Crippen molar-refractivity contribution < 1.29 is 13.9 Å². The highest BCUT2D eigenvalue weighted by atomic mass is 19.1. The summed E-state index contributed by atoms with van der Waals surface area (Å²) in [5.41, 5.74) is 1.75. The first-order valence-electron chi connectivity index (χ1n) is 7.55. The SMILES string of the molecule is CN(C)C(=O)c1cnc(Oc2ccc(C3(C)CC3)cc2)c(F)c1. The van der Waals surface area contributed by atoms with E-state index in [9.17, 15) is 9.18 Å². The first-order valence-corrected chi connectivity index (χ1v) is 7.55. The molecule has 0 bridgehead atoms. The van der Waals surface area contributed by atoms with Gasteiger partial charge in [-0.1, -0.05) is 19.1 Å². The molecule has 0 radical (unpaired) electrons. The van der Waals surface area contributed by atoms with Crippen LogP contribution in [0.25, 0.3) is 0 Å². The second-order valence-corrected chi connectivity index (χ2v) is 6.40. The maximum absolute atomic E-state index is 14.1. The van der Waals surface area contributed by atoms with Crippen LogP contribution in [0.4, 0.5) is 4.39 Å². The Hall–Kier alpha value is -2.43. The Balaban J connectivity index is 1.76. The number of ether oxygens (including phenoxy) is 1. The van der Waals surface area contributed by atoms with Crippen molar-refractivity contribution in [1.29, 1.82) is 0 Å². The molecule has 1 aliphatic carbocycles. The highest BCUT2D eigenvalue weighted by Gasteiger charge is 2.38. The summed E-state index contributed by atoms with van der Waals surface area (Å²) < 4.78 is 19.6. The maximum Gasteiger partial charge on any atom is 0.255 e. The Morgan fingerprint density at radius 3 is 2.43 bits per heavy atom. The van der Waals surface area contributed by atoms with Crippen molar-refractivity contribution in [3.63, 3.8) is 0 Å². The van der Waals surface area contributed by atoms with Crippen molar-refractivity contribution in [3.05, 3.63) is 53.5 Å². The minimum atomic E-state index is -0.657. The molecular weight excluding hydrogens is 295 g/mol. The van der Waals surface area contributed by atoms with E-state index in [2.05, 4.69) is 11.9 Å². The van der Waals surface area contributed by atoms with Crippen LogP contribution in [0.2, 0.25) is 0 Å². The number of rotatable bonds is 4. The highest BCUT2D eigenvalue weighted by molar-refractivity contribution is 5.93. The molecule has 1 aromatic carbocycles. The number of aromatic nitrogens is 1. The molecule has 2 aromatic rings. The average Bonchev–Trinajstić information content (AvgIpc) is 3.28. The molecule has 0 N–H and O–H groups in total. The van der Waals surface area contributed by atoms with Gasteiger partial charge in [-0.2, -0.15) is 0 Å². The van der Waals surface area contributed by atoms with Gasteiger partial charge in [-0.3, -0.25) is 4.79 Å². The Morgan fingerprint density at radius 2 is 1.91 bits per heavy atom. The number of pyridine rings is 1. The number of amides is 1. The summed E-state index contributed by atoms with van der Waals surface area (Å²) in [5.74, 6) is -0.567. The lowest BCUT2D eigenvalue weighted by molar-refractivity contribution is 0.0826. The number of nitrogens with zero attached hydrogens (tertiary/aromatic N) is 2. The van der Waals surface area contributed by atoms with Gasteiger partial charge >= 0.3 is 0 Å². The van der Waals surface area contributed by atoms with E-state index >= 15 is 0 Å². The van der Waals surface area contributed by atoms with E-state index in [0.717, 1.165) is 6.07 Å². The quantitative estimate of drug-likeness (QED) is 0.863. The van der Waals surface area contributed by atoms with Gasteiger partial charge in [-0.25, -0.2) is 9.37 Å². The summed E-state index contributed by atoms with van der Waals surface area (Å²) in [6.07, 6.45) is 3.72. The molecule has 0 unspecified atom stereocenters. The summed E-state index contributed by atoms with van der Waals surface area (Å²) >= 11 is 0. The topological polar surface area (TPSA) is 42.4 Å². The molecule has 0 atom stereocenters. The molecule has 1 aromatic heterocycles. The van der Waals surface area contributed by atoms with E-state index in [-0.39, 0.29) is 22.8 Å². The number of benzene rings is 1. The summed E-state index contributed by atoms with van der Waals surface area (Å²) in [6.45, 7) is 2.23. The van der Waals surface area contributed by atoms with E-state index in [1.54, 1.807) is 14.1 Å². The standard InChI is InChI=1S/C18H19FN2O2/c1-18(8-9-18)13-4-6-14(7-5-13)23-16-15(19)10-12(11-20-16)17(22)21(2)3/h4-7,10-11H,8-9H2,1-3H3. The Morgan fingerprint density at radius 1 is 1.26 bits per heavy atom. The van der Waals surface area contributed by atoms with Crippen LogP contribution in [0.3, 0.4) is 0 Å². The molecular formula is C18H19FN2O2. The van der Waals surface area contributed by atoms with E-state index in [1.165, 1.54) is 29.5 Å². The first-order chi connectivity index (χ1) is 10.9. The van der Waals surface area contributed by atoms with Crippen LogP contribution >= 0.6 is 0 Å². The van der Waals surface area contributed by atoms with Gasteiger partial charge in [-0.15, -0.1) is 0 Å². The van der Waals surface area contributed by atoms with Crippen LogP contribution in [0.5, 0.6) is 11.6 Å². The predicted octanol–water partition coefficient (Wildman–Crippen LogP) is 3.77. The molecule has 1 heterocycles. The lowest BCUT2D eigenvalue weighted by Gasteiger charge is -2.12.